The molecule has 0 aromatic heterocycles. The summed E-state index contributed by atoms with van der Waals surface area (Å²) in [6, 6.07) is 16.5. The molecule has 0 aliphatic carbocycles. The fraction of sp³-hybridized carbons (Fsp3) is 0.333. The average Bonchev–Trinajstić information content (AvgIpc) is 2.91. The summed E-state index contributed by atoms with van der Waals surface area (Å²) in [4.78, 5) is 28.3. The molecule has 0 aliphatic rings. The topological polar surface area (TPSA) is 96.0 Å². The Morgan fingerprint density at radius 3 is 2.10 bits per heavy atom. The summed E-state index contributed by atoms with van der Waals surface area (Å²) < 4.78 is 47.8. The van der Waals surface area contributed by atoms with Gasteiger partial charge >= 0.3 is 0 Å². The molecule has 0 saturated heterocycles. The molecule has 0 unspecified atom stereocenters. The van der Waals surface area contributed by atoms with E-state index in [1.165, 1.54) is 41.3 Å². The zero-order valence-electron chi connectivity index (χ0n) is 23.7. The third-order valence-electron chi connectivity index (χ3n) is 6.05. The normalized spacial score (nSPS) is 12.4. The van der Waals surface area contributed by atoms with Crippen molar-refractivity contribution >= 4 is 39.1 Å². The van der Waals surface area contributed by atoms with Gasteiger partial charge in [-0.25, -0.2) is 12.8 Å². The lowest BCUT2D eigenvalue weighted by molar-refractivity contribution is -0.140. The second-order valence-electron chi connectivity index (χ2n) is 10.5. The van der Waals surface area contributed by atoms with Crippen molar-refractivity contribution in [2.24, 2.45) is 0 Å². The van der Waals surface area contributed by atoms with E-state index in [0.29, 0.717) is 22.9 Å². The van der Waals surface area contributed by atoms with Gasteiger partial charge in [0.1, 0.15) is 24.2 Å². The molecule has 0 bridgehead atoms. The first-order valence-corrected chi connectivity index (χ1v) is 14.9. The second-order valence-corrected chi connectivity index (χ2v) is 12.8. The number of nitrogens with zero attached hydrogens (tertiary/aromatic N) is 2. The van der Waals surface area contributed by atoms with Crippen molar-refractivity contribution in [3.63, 3.8) is 0 Å². The van der Waals surface area contributed by atoms with Crippen molar-refractivity contribution in [3.8, 4) is 5.75 Å². The molecule has 0 saturated carbocycles. The molecule has 8 nitrogen and oxygen atoms in total. The average molecular weight is 604 g/mol. The van der Waals surface area contributed by atoms with Gasteiger partial charge in [0.05, 0.1) is 17.2 Å². The highest BCUT2D eigenvalue weighted by molar-refractivity contribution is 7.92. The molecule has 41 heavy (non-hydrogen) atoms. The Kier molecular flexibility index (Phi) is 10.4. The molecule has 220 valence electrons. The van der Waals surface area contributed by atoms with Crippen LogP contribution in [-0.2, 0) is 26.2 Å². The largest absolute Gasteiger partial charge is 0.494 e. The van der Waals surface area contributed by atoms with Crippen LogP contribution in [0, 0.1) is 5.82 Å². The van der Waals surface area contributed by atoms with E-state index in [2.05, 4.69) is 5.32 Å². The summed E-state index contributed by atoms with van der Waals surface area (Å²) in [6.45, 7) is 8.65. The molecule has 2 amide bonds. The Balaban J connectivity index is 2.02. The standard InChI is InChI=1S/C30H35ClFN3O5S/c1-6-40-26-15-17-27(18-16-26)41(38,39)35(25-13-11-24(32)12-14-25)20-28(36)34(19-22-7-9-23(31)10-8-22)21(2)29(37)33-30(3,4)5/h7-18,21H,6,19-20H2,1-5H3,(H,33,37)/t21-/m0/s1. The number of amides is 2. The summed E-state index contributed by atoms with van der Waals surface area (Å²) in [6.07, 6.45) is 0. The van der Waals surface area contributed by atoms with E-state index < -0.39 is 45.8 Å². The number of hydrogen-bond donors (Lipinski definition) is 1. The Hall–Kier alpha value is -3.63. The van der Waals surface area contributed by atoms with Crippen LogP contribution >= 0.6 is 11.6 Å². The number of sulfonamides is 1. The minimum atomic E-state index is -4.29. The molecule has 0 fully saturated rings. The quantitative estimate of drug-likeness (QED) is 0.316. The monoisotopic (exact) mass is 603 g/mol. The molecule has 0 heterocycles. The van der Waals surface area contributed by atoms with Crippen LogP contribution in [0.5, 0.6) is 5.75 Å². The van der Waals surface area contributed by atoms with Gasteiger partial charge in [0.2, 0.25) is 11.8 Å². The Labute approximate surface area is 246 Å². The lowest BCUT2D eigenvalue weighted by atomic mass is 10.1. The number of halogens is 2. The van der Waals surface area contributed by atoms with Crippen LogP contribution in [0.3, 0.4) is 0 Å². The van der Waals surface area contributed by atoms with E-state index in [1.54, 1.807) is 31.2 Å². The summed E-state index contributed by atoms with van der Waals surface area (Å²) >= 11 is 6.03. The SMILES string of the molecule is CCOc1ccc(S(=O)(=O)N(CC(=O)N(Cc2ccc(Cl)cc2)[C@@H](C)C(=O)NC(C)(C)C)c2ccc(F)cc2)cc1. The van der Waals surface area contributed by atoms with E-state index in [-0.39, 0.29) is 17.1 Å². The highest BCUT2D eigenvalue weighted by Crippen LogP contribution is 2.26. The van der Waals surface area contributed by atoms with Gasteiger partial charge in [0.15, 0.2) is 0 Å². The molecule has 1 atom stereocenters. The van der Waals surface area contributed by atoms with Crippen LogP contribution in [0.15, 0.2) is 77.7 Å². The lowest BCUT2D eigenvalue weighted by Gasteiger charge is -2.33. The number of carbonyl (C=O) groups excluding carboxylic acids is 2. The van der Waals surface area contributed by atoms with Crippen LogP contribution in [-0.4, -0.2) is 49.9 Å². The molecular weight excluding hydrogens is 569 g/mol. The van der Waals surface area contributed by atoms with Gasteiger partial charge < -0.3 is 15.0 Å². The van der Waals surface area contributed by atoms with Gasteiger partial charge in [-0.3, -0.25) is 13.9 Å². The highest BCUT2D eigenvalue weighted by Gasteiger charge is 2.33. The molecule has 11 heteroatoms. The van der Waals surface area contributed by atoms with Gasteiger partial charge in [-0.05, 0) is 101 Å². The number of carbonyl (C=O) groups is 2. The van der Waals surface area contributed by atoms with E-state index >= 15 is 0 Å². The maximum atomic E-state index is 13.9. The second kappa shape index (κ2) is 13.4. The van der Waals surface area contributed by atoms with Gasteiger partial charge in [-0.2, -0.15) is 0 Å². The predicted molar refractivity (Wildman–Crippen MR) is 158 cm³/mol. The molecule has 0 spiro atoms. The van der Waals surface area contributed by atoms with Crippen LogP contribution in [0.2, 0.25) is 5.02 Å². The van der Waals surface area contributed by atoms with Crippen molar-refractivity contribution in [2.75, 3.05) is 17.5 Å². The first-order chi connectivity index (χ1) is 19.2. The van der Waals surface area contributed by atoms with E-state index in [1.807, 2.05) is 27.7 Å². The van der Waals surface area contributed by atoms with Crippen molar-refractivity contribution < 1.29 is 27.1 Å². The van der Waals surface area contributed by atoms with Crippen LogP contribution in [0.4, 0.5) is 10.1 Å². The van der Waals surface area contributed by atoms with Gasteiger partial charge in [-0.1, -0.05) is 23.7 Å². The number of ether oxygens (including phenoxy) is 1. The molecule has 3 aromatic rings. The third-order valence-corrected chi connectivity index (χ3v) is 8.09. The molecule has 0 aliphatic heterocycles. The third kappa shape index (κ3) is 8.68. The molecular formula is C30H35ClFN3O5S. The molecule has 1 N–H and O–H groups in total. The summed E-state index contributed by atoms with van der Waals surface area (Å²) in [7, 11) is -4.29. The maximum absolute atomic E-state index is 13.9. The Bertz CT molecular complexity index is 1440. The van der Waals surface area contributed by atoms with E-state index in [9.17, 15) is 22.4 Å². The highest BCUT2D eigenvalue weighted by atomic mass is 35.5. The summed E-state index contributed by atoms with van der Waals surface area (Å²) in [5.74, 6) is -1.10. The molecule has 3 aromatic carbocycles. The Morgan fingerprint density at radius 2 is 1.56 bits per heavy atom. The van der Waals surface area contributed by atoms with Crippen LogP contribution in [0.25, 0.3) is 0 Å². The first-order valence-electron chi connectivity index (χ1n) is 13.1. The molecule has 3 rings (SSSR count). The minimum absolute atomic E-state index is 0.0229. The van der Waals surface area contributed by atoms with Gasteiger partial charge in [-0.15, -0.1) is 0 Å². The van der Waals surface area contributed by atoms with Crippen LogP contribution in [0.1, 0.15) is 40.2 Å². The van der Waals surface area contributed by atoms with Crippen molar-refractivity contribution in [2.45, 2.75) is 57.6 Å². The van der Waals surface area contributed by atoms with Gasteiger partial charge in [0.25, 0.3) is 10.0 Å². The van der Waals surface area contributed by atoms with Crippen molar-refractivity contribution in [1.82, 2.24) is 10.2 Å². The number of anilines is 1. The summed E-state index contributed by atoms with van der Waals surface area (Å²) in [5, 5.41) is 3.38. The van der Waals surface area contributed by atoms with Crippen LogP contribution < -0.4 is 14.4 Å². The summed E-state index contributed by atoms with van der Waals surface area (Å²) in [5.41, 5.74) is 0.227. The van der Waals surface area contributed by atoms with Crippen molar-refractivity contribution in [3.05, 3.63) is 89.2 Å². The smallest absolute Gasteiger partial charge is 0.264 e. The fourth-order valence-corrected chi connectivity index (χ4v) is 5.52. The lowest BCUT2D eigenvalue weighted by Crippen LogP contribution is -2.54. The number of rotatable bonds is 11. The predicted octanol–water partition coefficient (Wildman–Crippen LogP) is 5.41. The van der Waals surface area contributed by atoms with Crippen molar-refractivity contribution in [1.29, 1.82) is 0 Å². The Morgan fingerprint density at radius 1 is 0.976 bits per heavy atom. The maximum Gasteiger partial charge on any atom is 0.264 e. The zero-order valence-corrected chi connectivity index (χ0v) is 25.3. The van der Waals surface area contributed by atoms with E-state index in [0.717, 1.165) is 16.4 Å². The minimum Gasteiger partial charge on any atom is -0.494 e. The van der Waals surface area contributed by atoms with Gasteiger partial charge in [0, 0.05) is 17.1 Å². The fourth-order valence-electron chi connectivity index (χ4n) is 3.98. The number of nitrogens with one attached hydrogen (secondary N) is 1. The first kappa shape index (κ1) is 31.9. The van der Waals surface area contributed by atoms with E-state index in [4.69, 9.17) is 16.3 Å². The zero-order chi connectivity index (χ0) is 30.4. The molecule has 0 radical (unpaired) electrons. The number of benzene rings is 3. The number of hydrogen-bond acceptors (Lipinski definition) is 5.